The van der Waals surface area contributed by atoms with Crippen LogP contribution in [0.4, 0.5) is 13.2 Å². The van der Waals surface area contributed by atoms with Gasteiger partial charge in [0.15, 0.2) is 0 Å². The summed E-state index contributed by atoms with van der Waals surface area (Å²) in [5.41, 5.74) is 0.329. The third-order valence-electron chi connectivity index (χ3n) is 2.46. The topological polar surface area (TPSA) is 36.1 Å². The van der Waals surface area contributed by atoms with Crippen LogP contribution >= 0.6 is 0 Å². The van der Waals surface area contributed by atoms with Crippen LogP contribution in [0.15, 0.2) is 18.3 Å². The van der Waals surface area contributed by atoms with E-state index in [-0.39, 0.29) is 19.0 Å². The first-order valence-electron chi connectivity index (χ1n) is 4.48. The highest BCUT2D eigenvalue weighted by atomic mass is 19.4. The summed E-state index contributed by atoms with van der Waals surface area (Å²) in [5, 5.41) is 0. The number of likely N-dealkylation sites (tertiary alicyclic amines) is 1. The number of H-pyrrole nitrogens is 1. The van der Waals surface area contributed by atoms with Crippen LogP contribution in [0.2, 0.25) is 0 Å². The maximum Gasteiger partial charge on any atom is 0.395 e. The van der Waals surface area contributed by atoms with Gasteiger partial charge < -0.3 is 9.88 Å². The lowest BCUT2D eigenvalue weighted by atomic mass is 9.99. The van der Waals surface area contributed by atoms with Crippen molar-refractivity contribution in [1.29, 1.82) is 0 Å². The number of nitrogens with zero attached hydrogens (tertiary/aromatic N) is 1. The molecule has 0 unspecified atom stereocenters. The standard InChI is InChI=1S/C9H9F3N2O/c10-9(11,12)6-4-14(5-6)8(15)7-2-1-3-13-7/h1-3,6,13H,4-5H2. The number of aromatic nitrogens is 1. The number of nitrogens with one attached hydrogen (secondary N) is 1. The second-order valence-corrected chi connectivity index (χ2v) is 3.53. The van der Waals surface area contributed by atoms with E-state index in [0.717, 1.165) is 0 Å². The Morgan fingerprint density at radius 3 is 2.60 bits per heavy atom. The average Bonchev–Trinajstić information content (AvgIpc) is 2.48. The normalized spacial score (nSPS) is 17.7. The molecule has 1 fully saturated rings. The van der Waals surface area contributed by atoms with Crippen molar-refractivity contribution in [2.24, 2.45) is 5.92 Å². The van der Waals surface area contributed by atoms with Gasteiger partial charge in [-0.05, 0) is 12.1 Å². The van der Waals surface area contributed by atoms with Gasteiger partial charge >= 0.3 is 6.18 Å². The van der Waals surface area contributed by atoms with E-state index in [0.29, 0.717) is 5.69 Å². The van der Waals surface area contributed by atoms with Crippen molar-refractivity contribution in [3.63, 3.8) is 0 Å². The van der Waals surface area contributed by atoms with Crippen LogP contribution in [0.5, 0.6) is 0 Å². The summed E-state index contributed by atoms with van der Waals surface area (Å²) in [6, 6.07) is 3.18. The molecule has 0 radical (unpaired) electrons. The maximum absolute atomic E-state index is 12.1. The molecule has 15 heavy (non-hydrogen) atoms. The number of rotatable bonds is 1. The van der Waals surface area contributed by atoms with E-state index >= 15 is 0 Å². The summed E-state index contributed by atoms with van der Waals surface area (Å²) in [6.07, 6.45) is -2.62. The Balaban J connectivity index is 1.93. The Morgan fingerprint density at radius 2 is 2.13 bits per heavy atom. The maximum atomic E-state index is 12.1. The lowest BCUT2D eigenvalue weighted by Gasteiger charge is -2.39. The molecule has 1 aliphatic rings. The lowest BCUT2D eigenvalue weighted by Crippen LogP contribution is -2.55. The Kier molecular flexibility index (Phi) is 2.21. The first kappa shape index (κ1) is 10.1. The minimum absolute atomic E-state index is 0.235. The molecule has 6 heteroatoms. The molecular formula is C9H9F3N2O. The van der Waals surface area contributed by atoms with E-state index in [1.807, 2.05) is 0 Å². The number of halogens is 3. The molecule has 1 aromatic heterocycles. The summed E-state index contributed by atoms with van der Waals surface area (Å²) >= 11 is 0. The van der Waals surface area contributed by atoms with Crippen molar-refractivity contribution in [3.8, 4) is 0 Å². The molecule has 0 saturated carbocycles. The molecule has 2 rings (SSSR count). The molecular weight excluding hydrogens is 209 g/mol. The molecule has 1 N–H and O–H groups in total. The Bertz CT molecular complexity index is 352. The van der Waals surface area contributed by atoms with E-state index in [2.05, 4.69) is 4.98 Å². The van der Waals surface area contributed by atoms with Gasteiger partial charge in [0.25, 0.3) is 5.91 Å². The SMILES string of the molecule is O=C(c1ccc[nH]1)N1CC(C(F)(F)F)C1. The molecule has 1 aromatic rings. The number of alkyl halides is 3. The highest BCUT2D eigenvalue weighted by Crippen LogP contribution is 2.33. The fourth-order valence-electron chi connectivity index (χ4n) is 1.49. The van der Waals surface area contributed by atoms with Crippen LogP contribution in [-0.2, 0) is 0 Å². The number of carbonyl (C=O) groups is 1. The van der Waals surface area contributed by atoms with Gasteiger partial charge in [-0.1, -0.05) is 0 Å². The molecule has 3 nitrogen and oxygen atoms in total. The number of hydrogen-bond donors (Lipinski definition) is 1. The number of amides is 1. The van der Waals surface area contributed by atoms with E-state index in [4.69, 9.17) is 0 Å². The van der Waals surface area contributed by atoms with Crippen LogP contribution in [0.1, 0.15) is 10.5 Å². The fraction of sp³-hybridized carbons (Fsp3) is 0.444. The molecule has 1 aliphatic heterocycles. The van der Waals surface area contributed by atoms with E-state index in [9.17, 15) is 18.0 Å². The van der Waals surface area contributed by atoms with Crippen LogP contribution < -0.4 is 0 Å². The Hall–Kier alpha value is -1.46. The van der Waals surface area contributed by atoms with Gasteiger partial charge in [-0.3, -0.25) is 4.79 Å². The monoisotopic (exact) mass is 218 g/mol. The Labute approximate surface area is 83.9 Å². The highest BCUT2D eigenvalue weighted by molar-refractivity contribution is 5.92. The Morgan fingerprint density at radius 1 is 1.47 bits per heavy atom. The van der Waals surface area contributed by atoms with Crippen molar-refractivity contribution >= 4 is 5.91 Å². The predicted molar refractivity (Wildman–Crippen MR) is 46.2 cm³/mol. The minimum atomic E-state index is -4.19. The molecule has 0 aliphatic carbocycles. The number of carbonyl (C=O) groups excluding carboxylic acids is 1. The first-order chi connectivity index (χ1) is 6.98. The van der Waals surface area contributed by atoms with Gasteiger partial charge in [-0.15, -0.1) is 0 Å². The average molecular weight is 218 g/mol. The van der Waals surface area contributed by atoms with E-state index < -0.39 is 12.1 Å². The molecule has 1 saturated heterocycles. The summed E-state index contributed by atoms with van der Waals surface area (Å²) in [7, 11) is 0. The van der Waals surface area contributed by atoms with Crippen LogP contribution in [0.3, 0.4) is 0 Å². The lowest BCUT2D eigenvalue weighted by molar-refractivity contribution is -0.202. The van der Waals surface area contributed by atoms with Crippen molar-refractivity contribution in [2.75, 3.05) is 13.1 Å². The molecule has 0 aromatic carbocycles. The van der Waals surface area contributed by atoms with Crippen LogP contribution in [-0.4, -0.2) is 35.1 Å². The third kappa shape index (κ3) is 1.84. The zero-order valence-electron chi connectivity index (χ0n) is 7.71. The van der Waals surface area contributed by atoms with Crippen molar-refractivity contribution in [2.45, 2.75) is 6.18 Å². The molecule has 82 valence electrons. The molecule has 1 amide bonds. The van der Waals surface area contributed by atoms with Crippen molar-refractivity contribution in [1.82, 2.24) is 9.88 Å². The summed E-state index contributed by atoms with van der Waals surface area (Å²) in [5.74, 6) is -1.74. The molecule has 0 spiro atoms. The largest absolute Gasteiger partial charge is 0.395 e. The van der Waals surface area contributed by atoms with Gasteiger partial charge in [0.2, 0.25) is 0 Å². The van der Waals surface area contributed by atoms with Crippen molar-refractivity contribution in [3.05, 3.63) is 24.0 Å². The highest BCUT2D eigenvalue weighted by Gasteiger charge is 2.48. The second-order valence-electron chi connectivity index (χ2n) is 3.53. The van der Waals surface area contributed by atoms with Gasteiger partial charge in [-0.2, -0.15) is 13.2 Å². The quantitative estimate of drug-likeness (QED) is 0.764. The zero-order valence-corrected chi connectivity index (χ0v) is 7.71. The van der Waals surface area contributed by atoms with Gasteiger partial charge in [0, 0.05) is 19.3 Å². The van der Waals surface area contributed by atoms with E-state index in [1.54, 1.807) is 18.3 Å². The first-order valence-corrected chi connectivity index (χ1v) is 4.48. The van der Waals surface area contributed by atoms with Crippen LogP contribution in [0.25, 0.3) is 0 Å². The summed E-state index contributed by atoms with van der Waals surface area (Å²) in [4.78, 5) is 15.3. The number of aromatic amines is 1. The van der Waals surface area contributed by atoms with Crippen LogP contribution in [0, 0.1) is 5.92 Å². The summed E-state index contributed by atoms with van der Waals surface area (Å²) in [6.45, 7) is -0.470. The molecule has 0 bridgehead atoms. The predicted octanol–water partition coefficient (Wildman–Crippen LogP) is 1.65. The van der Waals surface area contributed by atoms with E-state index in [1.165, 1.54) is 4.90 Å². The fourth-order valence-corrected chi connectivity index (χ4v) is 1.49. The van der Waals surface area contributed by atoms with Gasteiger partial charge in [-0.25, -0.2) is 0 Å². The molecule has 0 atom stereocenters. The minimum Gasteiger partial charge on any atom is -0.357 e. The van der Waals surface area contributed by atoms with Crippen molar-refractivity contribution < 1.29 is 18.0 Å². The summed E-state index contributed by atoms with van der Waals surface area (Å²) < 4.78 is 36.4. The van der Waals surface area contributed by atoms with Gasteiger partial charge in [0.05, 0.1) is 5.92 Å². The second kappa shape index (κ2) is 3.29. The third-order valence-corrected chi connectivity index (χ3v) is 2.46. The molecule has 2 heterocycles. The zero-order chi connectivity index (χ0) is 11.1. The van der Waals surface area contributed by atoms with Gasteiger partial charge in [0.1, 0.15) is 5.69 Å². The number of hydrogen-bond acceptors (Lipinski definition) is 1. The smallest absolute Gasteiger partial charge is 0.357 e.